The van der Waals surface area contributed by atoms with E-state index in [0.717, 1.165) is 0 Å². The van der Waals surface area contributed by atoms with E-state index in [1.165, 1.54) is 37.3 Å². The maximum absolute atomic E-state index is 13.8. The summed E-state index contributed by atoms with van der Waals surface area (Å²) in [5.41, 5.74) is 0.560. The largest absolute Gasteiger partial charge is 0.478 e. The second-order valence-corrected chi connectivity index (χ2v) is 4.91. The Kier molecular flexibility index (Phi) is 3.66. The van der Waals surface area contributed by atoms with E-state index in [1.807, 2.05) is 0 Å². The summed E-state index contributed by atoms with van der Waals surface area (Å²) < 4.78 is 27.7. The van der Waals surface area contributed by atoms with Crippen LogP contribution in [-0.2, 0) is 0 Å². The Bertz CT molecular complexity index is 669. The Balaban J connectivity index is 2.63. The van der Waals surface area contributed by atoms with E-state index in [-0.39, 0.29) is 16.7 Å². The van der Waals surface area contributed by atoms with Crippen molar-refractivity contribution in [3.05, 3.63) is 57.6 Å². The highest BCUT2D eigenvalue weighted by molar-refractivity contribution is 9.10. The van der Waals surface area contributed by atoms with E-state index in [4.69, 9.17) is 5.11 Å². The maximum atomic E-state index is 13.8. The first-order valence-electron chi connectivity index (χ1n) is 5.39. The number of halogens is 3. The third-order valence-electron chi connectivity index (χ3n) is 2.78. The molecule has 5 heteroatoms. The highest BCUT2D eigenvalue weighted by Gasteiger charge is 2.15. The lowest BCUT2D eigenvalue weighted by atomic mass is 10.0. The minimum atomic E-state index is -1.14. The second-order valence-electron chi connectivity index (χ2n) is 4.06. The predicted molar refractivity (Wildman–Crippen MR) is 71.2 cm³/mol. The SMILES string of the molecule is Cc1ccc(-c2ccc(Br)c(C(=O)O)c2)c(F)c1F. The number of aryl methyl sites for hydroxylation is 1. The molecule has 2 rings (SSSR count). The van der Waals surface area contributed by atoms with Crippen LogP contribution in [0.3, 0.4) is 0 Å². The summed E-state index contributed by atoms with van der Waals surface area (Å²) in [5, 5.41) is 9.01. The first-order chi connectivity index (χ1) is 8.91. The molecule has 98 valence electrons. The highest BCUT2D eigenvalue weighted by Crippen LogP contribution is 2.29. The van der Waals surface area contributed by atoms with Gasteiger partial charge in [-0.2, -0.15) is 0 Å². The molecule has 0 saturated heterocycles. The van der Waals surface area contributed by atoms with Crippen LogP contribution in [0.4, 0.5) is 8.78 Å². The fraction of sp³-hybridized carbons (Fsp3) is 0.0714. The van der Waals surface area contributed by atoms with Gasteiger partial charge in [0.05, 0.1) is 5.56 Å². The number of carbonyl (C=O) groups is 1. The average molecular weight is 327 g/mol. The van der Waals surface area contributed by atoms with Crippen molar-refractivity contribution in [1.82, 2.24) is 0 Å². The smallest absolute Gasteiger partial charge is 0.336 e. The van der Waals surface area contributed by atoms with Gasteiger partial charge in [-0.1, -0.05) is 18.2 Å². The molecular weight excluding hydrogens is 318 g/mol. The van der Waals surface area contributed by atoms with E-state index in [9.17, 15) is 13.6 Å². The van der Waals surface area contributed by atoms with Crippen LogP contribution < -0.4 is 0 Å². The third kappa shape index (κ3) is 2.51. The second kappa shape index (κ2) is 5.09. The van der Waals surface area contributed by atoms with Gasteiger partial charge in [-0.3, -0.25) is 0 Å². The molecule has 0 aliphatic carbocycles. The topological polar surface area (TPSA) is 37.3 Å². The summed E-state index contributed by atoms with van der Waals surface area (Å²) in [6, 6.07) is 7.22. The summed E-state index contributed by atoms with van der Waals surface area (Å²) in [5.74, 6) is -3.03. The van der Waals surface area contributed by atoms with Gasteiger partial charge >= 0.3 is 5.97 Å². The fourth-order valence-corrected chi connectivity index (χ4v) is 2.14. The zero-order valence-corrected chi connectivity index (χ0v) is 11.5. The normalized spacial score (nSPS) is 10.5. The Morgan fingerprint density at radius 2 is 1.84 bits per heavy atom. The molecule has 2 aromatic rings. The third-order valence-corrected chi connectivity index (χ3v) is 3.47. The van der Waals surface area contributed by atoms with Crippen molar-refractivity contribution in [2.75, 3.05) is 0 Å². The van der Waals surface area contributed by atoms with Crippen LogP contribution in [0, 0.1) is 18.6 Å². The fourth-order valence-electron chi connectivity index (χ4n) is 1.73. The minimum absolute atomic E-state index is 0.00196. The summed E-state index contributed by atoms with van der Waals surface area (Å²) in [7, 11) is 0. The number of hydrogen-bond donors (Lipinski definition) is 1. The molecule has 0 aromatic heterocycles. The Morgan fingerprint density at radius 3 is 2.47 bits per heavy atom. The van der Waals surface area contributed by atoms with Gasteiger partial charge in [-0.15, -0.1) is 0 Å². The quantitative estimate of drug-likeness (QED) is 0.888. The lowest BCUT2D eigenvalue weighted by molar-refractivity contribution is 0.0696. The van der Waals surface area contributed by atoms with Crippen LogP contribution in [0.15, 0.2) is 34.8 Å². The number of hydrogen-bond acceptors (Lipinski definition) is 1. The van der Waals surface area contributed by atoms with Gasteiger partial charge in [0, 0.05) is 10.0 Å². The molecule has 0 saturated carbocycles. The monoisotopic (exact) mass is 326 g/mol. The van der Waals surface area contributed by atoms with E-state index in [1.54, 1.807) is 0 Å². The van der Waals surface area contributed by atoms with Crippen LogP contribution in [0.2, 0.25) is 0 Å². The summed E-state index contributed by atoms with van der Waals surface area (Å²) in [4.78, 5) is 11.0. The molecule has 0 amide bonds. The summed E-state index contributed by atoms with van der Waals surface area (Å²) >= 11 is 3.10. The van der Waals surface area contributed by atoms with Crippen LogP contribution in [-0.4, -0.2) is 11.1 Å². The standard InChI is InChI=1S/C14H9BrF2O2/c1-7-2-4-9(13(17)12(7)16)8-3-5-11(15)10(6-8)14(18)19/h2-6H,1H3,(H,18,19). The molecule has 19 heavy (non-hydrogen) atoms. The van der Waals surface area contributed by atoms with Crippen molar-refractivity contribution < 1.29 is 18.7 Å². The number of aromatic carboxylic acids is 1. The van der Waals surface area contributed by atoms with Gasteiger partial charge in [0.2, 0.25) is 0 Å². The van der Waals surface area contributed by atoms with Gasteiger partial charge in [0.15, 0.2) is 11.6 Å². The maximum Gasteiger partial charge on any atom is 0.336 e. The molecule has 0 heterocycles. The Morgan fingerprint density at radius 1 is 1.16 bits per heavy atom. The molecule has 0 fully saturated rings. The van der Waals surface area contributed by atoms with Crippen LogP contribution in [0.5, 0.6) is 0 Å². The number of carboxylic acids is 1. The molecule has 0 spiro atoms. The van der Waals surface area contributed by atoms with Crippen LogP contribution in [0.1, 0.15) is 15.9 Å². The van der Waals surface area contributed by atoms with Crippen molar-refractivity contribution in [2.24, 2.45) is 0 Å². The summed E-state index contributed by atoms with van der Waals surface area (Å²) in [6.07, 6.45) is 0. The van der Waals surface area contributed by atoms with E-state index in [2.05, 4.69) is 15.9 Å². The molecule has 0 radical (unpaired) electrons. The molecule has 0 bridgehead atoms. The van der Waals surface area contributed by atoms with Crippen LogP contribution >= 0.6 is 15.9 Å². The van der Waals surface area contributed by atoms with Crippen molar-refractivity contribution >= 4 is 21.9 Å². The Hall–Kier alpha value is -1.75. The predicted octanol–water partition coefficient (Wildman–Crippen LogP) is 4.40. The zero-order chi connectivity index (χ0) is 14.2. The highest BCUT2D eigenvalue weighted by atomic mass is 79.9. The van der Waals surface area contributed by atoms with E-state index >= 15 is 0 Å². The van der Waals surface area contributed by atoms with Crippen LogP contribution in [0.25, 0.3) is 11.1 Å². The van der Waals surface area contributed by atoms with Gasteiger partial charge in [-0.05, 0) is 46.1 Å². The number of carboxylic acid groups (broad SMARTS) is 1. The number of benzene rings is 2. The molecule has 1 N–H and O–H groups in total. The van der Waals surface area contributed by atoms with Gasteiger partial charge in [0.25, 0.3) is 0 Å². The molecule has 0 aliphatic rings. The van der Waals surface area contributed by atoms with E-state index < -0.39 is 17.6 Å². The minimum Gasteiger partial charge on any atom is -0.478 e. The first-order valence-corrected chi connectivity index (χ1v) is 6.19. The average Bonchev–Trinajstić information content (AvgIpc) is 2.37. The van der Waals surface area contributed by atoms with Crippen molar-refractivity contribution in [3.8, 4) is 11.1 Å². The van der Waals surface area contributed by atoms with Gasteiger partial charge in [-0.25, -0.2) is 13.6 Å². The number of rotatable bonds is 2. The molecule has 2 nitrogen and oxygen atoms in total. The molecular formula is C14H9BrF2O2. The molecule has 0 aliphatic heterocycles. The van der Waals surface area contributed by atoms with Crippen molar-refractivity contribution in [3.63, 3.8) is 0 Å². The van der Waals surface area contributed by atoms with Gasteiger partial charge < -0.3 is 5.11 Å². The van der Waals surface area contributed by atoms with E-state index in [0.29, 0.717) is 10.0 Å². The van der Waals surface area contributed by atoms with Crippen molar-refractivity contribution in [2.45, 2.75) is 6.92 Å². The lowest BCUT2D eigenvalue weighted by Crippen LogP contribution is -1.99. The van der Waals surface area contributed by atoms with Gasteiger partial charge in [0.1, 0.15) is 0 Å². The summed E-state index contributed by atoms with van der Waals surface area (Å²) in [6.45, 7) is 1.46. The van der Waals surface area contributed by atoms with Crippen molar-refractivity contribution in [1.29, 1.82) is 0 Å². The molecule has 2 aromatic carbocycles. The zero-order valence-electron chi connectivity index (χ0n) is 9.88. The lowest BCUT2D eigenvalue weighted by Gasteiger charge is -2.08. The molecule has 0 unspecified atom stereocenters. The molecule has 0 atom stereocenters. The first kappa shape index (κ1) is 13.7. The Labute approximate surface area is 116 Å².